The molecule has 2 amide bonds. The summed E-state index contributed by atoms with van der Waals surface area (Å²) in [6.07, 6.45) is 4.10. The summed E-state index contributed by atoms with van der Waals surface area (Å²) >= 11 is 0. The van der Waals surface area contributed by atoms with Gasteiger partial charge in [-0.1, -0.05) is 0 Å². The van der Waals surface area contributed by atoms with Gasteiger partial charge in [-0.3, -0.25) is 9.59 Å². The summed E-state index contributed by atoms with van der Waals surface area (Å²) in [7, 11) is 0. The first-order chi connectivity index (χ1) is 9.09. The maximum absolute atomic E-state index is 11.9. The van der Waals surface area contributed by atoms with Gasteiger partial charge in [0.1, 0.15) is 6.04 Å². The molecule has 0 unspecified atom stereocenters. The van der Waals surface area contributed by atoms with Crippen molar-refractivity contribution < 1.29 is 19.5 Å². The number of carbonyl (C=O) groups excluding carboxylic acids is 2. The van der Waals surface area contributed by atoms with Crippen LogP contribution in [0.2, 0.25) is 0 Å². The van der Waals surface area contributed by atoms with Gasteiger partial charge >= 0.3 is 5.97 Å². The molecule has 1 aliphatic carbocycles. The first kappa shape index (κ1) is 13.8. The van der Waals surface area contributed by atoms with E-state index in [0.717, 1.165) is 19.3 Å². The lowest BCUT2D eigenvalue weighted by Crippen LogP contribution is -2.40. The third-order valence-electron chi connectivity index (χ3n) is 3.67. The number of carbonyl (C=O) groups is 3. The van der Waals surface area contributed by atoms with Crippen LogP contribution in [-0.4, -0.2) is 46.9 Å². The van der Waals surface area contributed by atoms with Crippen LogP contribution in [0.25, 0.3) is 0 Å². The molecule has 1 saturated carbocycles. The van der Waals surface area contributed by atoms with Crippen LogP contribution < -0.4 is 5.32 Å². The van der Waals surface area contributed by atoms with Gasteiger partial charge in [-0.15, -0.1) is 0 Å². The smallest absolute Gasteiger partial charge is 0.326 e. The molecule has 0 radical (unpaired) electrons. The van der Waals surface area contributed by atoms with Gasteiger partial charge in [0.05, 0.1) is 0 Å². The average molecular weight is 268 g/mol. The van der Waals surface area contributed by atoms with Gasteiger partial charge in [-0.05, 0) is 32.1 Å². The van der Waals surface area contributed by atoms with Crippen molar-refractivity contribution in [3.05, 3.63) is 0 Å². The third-order valence-corrected chi connectivity index (χ3v) is 3.67. The Hall–Kier alpha value is -1.59. The number of nitrogens with zero attached hydrogens (tertiary/aromatic N) is 1. The number of nitrogens with one attached hydrogen (secondary N) is 1. The van der Waals surface area contributed by atoms with E-state index in [2.05, 4.69) is 5.32 Å². The average Bonchev–Trinajstić information content (AvgIpc) is 3.10. The molecule has 2 fully saturated rings. The molecule has 6 heteroatoms. The molecular weight excluding hydrogens is 248 g/mol. The summed E-state index contributed by atoms with van der Waals surface area (Å²) in [4.78, 5) is 35.7. The third kappa shape index (κ3) is 3.68. The fourth-order valence-corrected chi connectivity index (χ4v) is 2.41. The van der Waals surface area contributed by atoms with Gasteiger partial charge in [0, 0.05) is 25.4 Å². The number of carboxylic acids is 1. The number of aliphatic carboxylic acids is 1. The van der Waals surface area contributed by atoms with E-state index in [1.165, 1.54) is 4.90 Å². The second kappa shape index (κ2) is 6.04. The van der Waals surface area contributed by atoms with E-state index in [-0.39, 0.29) is 17.7 Å². The molecular formula is C13H20N2O4. The maximum atomic E-state index is 11.9. The topological polar surface area (TPSA) is 86.7 Å². The zero-order valence-electron chi connectivity index (χ0n) is 10.9. The molecule has 1 atom stereocenters. The number of hydrogen-bond donors (Lipinski definition) is 2. The Morgan fingerprint density at radius 2 is 1.95 bits per heavy atom. The Bertz CT molecular complexity index is 379. The SMILES string of the molecule is O=C(NCCCC(=O)N1CCC[C@@H]1C(=O)O)C1CC1. The van der Waals surface area contributed by atoms with Crippen LogP contribution in [0.15, 0.2) is 0 Å². The molecule has 1 heterocycles. The predicted molar refractivity (Wildman–Crippen MR) is 67.3 cm³/mol. The van der Waals surface area contributed by atoms with E-state index in [4.69, 9.17) is 5.11 Å². The standard InChI is InChI=1S/C13H20N2O4/c16-11(15-8-2-3-10(15)13(18)19)4-1-7-14-12(17)9-5-6-9/h9-10H,1-8H2,(H,14,17)(H,18,19)/t10-/m1/s1. The minimum Gasteiger partial charge on any atom is -0.480 e. The van der Waals surface area contributed by atoms with E-state index in [9.17, 15) is 14.4 Å². The molecule has 1 saturated heterocycles. The molecule has 2 aliphatic rings. The molecule has 0 aromatic carbocycles. The number of amides is 2. The van der Waals surface area contributed by atoms with Crippen molar-refractivity contribution in [2.75, 3.05) is 13.1 Å². The fraction of sp³-hybridized carbons (Fsp3) is 0.769. The first-order valence-corrected chi connectivity index (χ1v) is 6.89. The molecule has 0 bridgehead atoms. The van der Waals surface area contributed by atoms with Crippen molar-refractivity contribution in [1.82, 2.24) is 10.2 Å². The highest BCUT2D eigenvalue weighted by atomic mass is 16.4. The van der Waals surface area contributed by atoms with E-state index >= 15 is 0 Å². The van der Waals surface area contributed by atoms with Gasteiger partial charge in [0.2, 0.25) is 11.8 Å². The highest BCUT2D eigenvalue weighted by Gasteiger charge is 2.33. The van der Waals surface area contributed by atoms with E-state index in [1.807, 2.05) is 0 Å². The quantitative estimate of drug-likeness (QED) is 0.681. The molecule has 0 aromatic rings. The summed E-state index contributed by atoms with van der Waals surface area (Å²) in [6, 6.07) is -0.659. The minimum atomic E-state index is -0.923. The number of likely N-dealkylation sites (tertiary alicyclic amines) is 1. The minimum absolute atomic E-state index is 0.0806. The molecule has 6 nitrogen and oxygen atoms in total. The summed E-state index contributed by atoms with van der Waals surface area (Å²) < 4.78 is 0. The second-order valence-corrected chi connectivity index (χ2v) is 5.25. The molecule has 0 aromatic heterocycles. The first-order valence-electron chi connectivity index (χ1n) is 6.89. The Morgan fingerprint density at radius 1 is 1.21 bits per heavy atom. The fourth-order valence-electron chi connectivity index (χ4n) is 2.41. The van der Waals surface area contributed by atoms with Crippen molar-refractivity contribution in [3.8, 4) is 0 Å². The van der Waals surface area contributed by atoms with Crippen LogP contribution in [0.3, 0.4) is 0 Å². The van der Waals surface area contributed by atoms with Crippen molar-refractivity contribution in [3.63, 3.8) is 0 Å². The Balaban J connectivity index is 1.66. The van der Waals surface area contributed by atoms with Crippen LogP contribution in [0.1, 0.15) is 38.5 Å². The van der Waals surface area contributed by atoms with Crippen molar-refractivity contribution >= 4 is 17.8 Å². The molecule has 1 aliphatic heterocycles. The molecule has 0 spiro atoms. The van der Waals surface area contributed by atoms with Crippen molar-refractivity contribution in [1.29, 1.82) is 0 Å². The number of carboxylic acid groups (broad SMARTS) is 1. The van der Waals surface area contributed by atoms with Gasteiger partial charge < -0.3 is 15.3 Å². The van der Waals surface area contributed by atoms with Crippen LogP contribution in [0.5, 0.6) is 0 Å². The molecule has 19 heavy (non-hydrogen) atoms. The van der Waals surface area contributed by atoms with Crippen molar-refractivity contribution in [2.45, 2.75) is 44.6 Å². The lowest BCUT2D eigenvalue weighted by Gasteiger charge is -2.21. The summed E-state index contributed by atoms with van der Waals surface area (Å²) in [5.74, 6) is -0.777. The van der Waals surface area contributed by atoms with Crippen LogP contribution in [0.4, 0.5) is 0 Å². The van der Waals surface area contributed by atoms with Crippen molar-refractivity contribution in [2.24, 2.45) is 5.92 Å². The molecule has 106 valence electrons. The number of hydrogen-bond acceptors (Lipinski definition) is 3. The summed E-state index contributed by atoms with van der Waals surface area (Å²) in [5.41, 5.74) is 0. The lowest BCUT2D eigenvalue weighted by molar-refractivity contribution is -0.148. The monoisotopic (exact) mass is 268 g/mol. The highest BCUT2D eigenvalue weighted by Crippen LogP contribution is 2.28. The summed E-state index contributed by atoms with van der Waals surface area (Å²) in [5, 5.41) is 11.8. The largest absolute Gasteiger partial charge is 0.480 e. The zero-order chi connectivity index (χ0) is 13.8. The van der Waals surface area contributed by atoms with Crippen LogP contribution in [0, 0.1) is 5.92 Å². The molecule has 2 N–H and O–H groups in total. The maximum Gasteiger partial charge on any atom is 0.326 e. The Labute approximate surface area is 112 Å². The molecule has 2 rings (SSSR count). The van der Waals surface area contributed by atoms with E-state index < -0.39 is 12.0 Å². The van der Waals surface area contributed by atoms with Gasteiger partial charge in [0.15, 0.2) is 0 Å². The Kier molecular flexibility index (Phi) is 4.39. The van der Waals surface area contributed by atoms with Gasteiger partial charge in [-0.25, -0.2) is 4.79 Å². The number of rotatable bonds is 6. The normalized spacial score (nSPS) is 22.3. The van der Waals surface area contributed by atoms with Crippen LogP contribution in [-0.2, 0) is 14.4 Å². The van der Waals surface area contributed by atoms with E-state index in [1.54, 1.807) is 0 Å². The summed E-state index contributed by atoms with van der Waals surface area (Å²) in [6.45, 7) is 1.02. The predicted octanol–water partition coefficient (Wildman–Crippen LogP) is 0.368. The van der Waals surface area contributed by atoms with E-state index in [0.29, 0.717) is 32.4 Å². The second-order valence-electron chi connectivity index (χ2n) is 5.25. The zero-order valence-corrected chi connectivity index (χ0v) is 10.9. The van der Waals surface area contributed by atoms with Crippen LogP contribution >= 0.6 is 0 Å². The van der Waals surface area contributed by atoms with Gasteiger partial charge in [-0.2, -0.15) is 0 Å². The Morgan fingerprint density at radius 3 is 2.58 bits per heavy atom. The van der Waals surface area contributed by atoms with Gasteiger partial charge in [0.25, 0.3) is 0 Å². The lowest BCUT2D eigenvalue weighted by atomic mass is 10.2. The highest BCUT2D eigenvalue weighted by molar-refractivity contribution is 5.84.